The third-order valence-electron chi connectivity index (χ3n) is 3.20. The number of nitrogens with one attached hydrogen (secondary N) is 1. The number of benzene rings is 2. The van der Waals surface area contributed by atoms with E-state index in [4.69, 9.17) is 4.74 Å². The predicted molar refractivity (Wildman–Crippen MR) is 80.7 cm³/mol. The Kier molecular flexibility index (Phi) is 5.39. The van der Waals surface area contributed by atoms with Crippen LogP contribution in [0.5, 0.6) is 5.75 Å². The van der Waals surface area contributed by atoms with Crippen molar-refractivity contribution in [2.24, 2.45) is 0 Å². The minimum absolute atomic E-state index is 0.0953. The van der Waals surface area contributed by atoms with E-state index in [9.17, 15) is 18.0 Å². The molecule has 0 spiro atoms. The van der Waals surface area contributed by atoms with E-state index in [0.29, 0.717) is 12.1 Å². The molecule has 0 atom stereocenters. The Morgan fingerprint density at radius 2 is 1.83 bits per heavy atom. The molecule has 0 radical (unpaired) electrons. The van der Waals surface area contributed by atoms with Crippen LogP contribution in [0.3, 0.4) is 0 Å². The van der Waals surface area contributed by atoms with Crippen LogP contribution in [0.2, 0.25) is 0 Å². The van der Waals surface area contributed by atoms with Crippen molar-refractivity contribution in [3.8, 4) is 5.75 Å². The maximum Gasteiger partial charge on any atom is 0.416 e. The zero-order chi connectivity index (χ0) is 16.9. The van der Waals surface area contributed by atoms with Crippen LogP contribution < -0.4 is 10.1 Å². The fourth-order valence-electron chi connectivity index (χ4n) is 2.02. The van der Waals surface area contributed by atoms with Gasteiger partial charge in [-0.15, -0.1) is 0 Å². The molecule has 0 fully saturated rings. The lowest BCUT2D eigenvalue weighted by atomic mass is 10.00. The predicted octanol–water partition coefficient (Wildman–Crippen LogP) is 3.53. The van der Waals surface area contributed by atoms with Gasteiger partial charge in [-0.05, 0) is 25.2 Å². The van der Waals surface area contributed by atoms with Gasteiger partial charge in [0.25, 0.3) is 0 Å². The molecule has 0 heterocycles. The van der Waals surface area contributed by atoms with E-state index in [1.54, 1.807) is 37.4 Å². The van der Waals surface area contributed by atoms with E-state index >= 15 is 0 Å². The van der Waals surface area contributed by atoms with E-state index < -0.39 is 17.5 Å². The van der Waals surface area contributed by atoms with Crippen LogP contribution in [-0.4, -0.2) is 26.0 Å². The van der Waals surface area contributed by atoms with E-state index in [1.165, 1.54) is 6.07 Å². The summed E-state index contributed by atoms with van der Waals surface area (Å²) < 4.78 is 44.2. The molecule has 2 aromatic rings. The quantitative estimate of drug-likeness (QED) is 0.653. The Balaban J connectivity index is 2.41. The number of alkyl halides is 3. The molecule has 0 amide bonds. The molecule has 23 heavy (non-hydrogen) atoms. The average Bonchev–Trinajstić information content (AvgIpc) is 2.54. The van der Waals surface area contributed by atoms with Gasteiger partial charge in [0.05, 0.1) is 11.1 Å². The first-order valence-corrected chi connectivity index (χ1v) is 7.02. The van der Waals surface area contributed by atoms with Crippen LogP contribution in [0, 0.1) is 0 Å². The molecule has 1 N–H and O–H groups in total. The van der Waals surface area contributed by atoms with Gasteiger partial charge < -0.3 is 10.1 Å². The summed E-state index contributed by atoms with van der Waals surface area (Å²) in [6.45, 7) is 0.761. The van der Waals surface area contributed by atoms with Gasteiger partial charge in [-0.25, -0.2) is 0 Å². The fraction of sp³-hybridized carbons (Fsp3) is 0.235. The molecule has 0 saturated heterocycles. The van der Waals surface area contributed by atoms with Crippen LogP contribution in [0.15, 0.2) is 48.5 Å². The minimum atomic E-state index is -4.52. The highest BCUT2D eigenvalue weighted by molar-refractivity contribution is 6.10. The second kappa shape index (κ2) is 7.28. The van der Waals surface area contributed by atoms with Crippen LogP contribution >= 0.6 is 0 Å². The number of ketones is 1. The smallest absolute Gasteiger partial charge is 0.416 e. The third kappa shape index (κ3) is 4.32. The van der Waals surface area contributed by atoms with Gasteiger partial charge in [0.15, 0.2) is 5.78 Å². The van der Waals surface area contributed by atoms with Crippen LogP contribution in [0.1, 0.15) is 21.5 Å². The Morgan fingerprint density at radius 3 is 2.43 bits per heavy atom. The van der Waals surface area contributed by atoms with Gasteiger partial charge in [0.2, 0.25) is 0 Å². The summed E-state index contributed by atoms with van der Waals surface area (Å²) in [5.41, 5.74) is -0.662. The number of hydrogen-bond acceptors (Lipinski definition) is 3. The Morgan fingerprint density at radius 1 is 1.13 bits per heavy atom. The molecule has 0 aliphatic rings. The zero-order valence-corrected chi connectivity index (χ0v) is 12.5. The molecule has 0 saturated carbocycles. The summed E-state index contributed by atoms with van der Waals surface area (Å²) >= 11 is 0. The average molecular weight is 323 g/mol. The minimum Gasteiger partial charge on any atom is -0.491 e. The SMILES string of the molecule is CNCCOc1ccc(C(F)(F)F)cc1C(=O)c1ccccc1. The molecule has 0 aromatic heterocycles. The number of likely N-dealkylation sites (N-methyl/N-ethyl adjacent to an activating group) is 1. The lowest BCUT2D eigenvalue weighted by molar-refractivity contribution is -0.137. The molecule has 2 rings (SSSR count). The Bertz CT molecular complexity index is 669. The van der Waals surface area contributed by atoms with Gasteiger partial charge in [-0.3, -0.25) is 4.79 Å². The number of halogens is 3. The van der Waals surface area contributed by atoms with Crippen LogP contribution in [0.25, 0.3) is 0 Å². The molecule has 0 unspecified atom stereocenters. The highest BCUT2D eigenvalue weighted by Crippen LogP contribution is 2.33. The fourth-order valence-corrected chi connectivity index (χ4v) is 2.02. The van der Waals surface area contributed by atoms with Crippen molar-refractivity contribution in [3.63, 3.8) is 0 Å². The molecular weight excluding hydrogens is 307 g/mol. The number of rotatable bonds is 6. The zero-order valence-electron chi connectivity index (χ0n) is 12.5. The van der Waals surface area contributed by atoms with Crippen molar-refractivity contribution in [2.45, 2.75) is 6.18 Å². The normalized spacial score (nSPS) is 11.3. The first-order chi connectivity index (χ1) is 10.9. The van der Waals surface area contributed by atoms with Gasteiger partial charge in [-0.1, -0.05) is 30.3 Å². The lowest BCUT2D eigenvalue weighted by Crippen LogP contribution is -2.17. The van der Waals surface area contributed by atoms with Gasteiger partial charge >= 0.3 is 6.18 Å². The number of carbonyl (C=O) groups is 1. The summed E-state index contributed by atoms with van der Waals surface area (Å²) in [7, 11) is 1.73. The van der Waals surface area contributed by atoms with E-state index in [-0.39, 0.29) is 17.9 Å². The van der Waals surface area contributed by atoms with Crippen molar-refractivity contribution < 1.29 is 22.7 Å². The largest absolute Gasteiger partial charge is 0.491 e. The summed E-state index contributed by atoms with van der Waals surface area (Å²) in [6, 6.07) is 11.1. The van der Waals surface area contributed by atoms with Crippen molar-refractivity contribution in [2.75, 3.05) is 20.2 Å². The summed E-state index contributed by atoms with van der Waals surface area (Å²) in [4.78, 5) is 12.5. The highest BCUT2D eigenvalue weighted by Gasteiger charge is 2.32. The molecule has 122 valence electrons. The molecule has 0 aliphatic heterocycles. The third-order valence-corrected chi connectivity index (χ3v) is 3.20. The maximum atomic E-state index is 12.9. The molecular formula is C17H16F3NO2. The Labute approximate surface area is 132 Å². The van der Waals surface area contributed by atoms with E-state index in [1.807, 2.05) is 0 Å². The van der Waals surface area contributed by atoms with E-state index in [2.05, 4.69) is 5.32 Å². The molecule has 2 aromatic carbocycles. The maximum absolute atomic E-state index is 12.9. The molecule has 6 heteroatoms. The summed E-state index contributed by atoms with van der Waals surface area (Å²) in [5.74, 6) is -0.363. The van der Waals surface area contributed by atoms with Gasteiger partial charge in [-0.2, -0.15) is 13.2 Å². The molecule has 0 aliphatic carbocycles. The topological polar surface area (TPSA) is 38.3 Å². The monoisotopic (exact) mass is 323 g/mol. The van der Waals surface area contributed by atoms with Crippen LogP contribution in [0.4, 0.5) is 13.2 Å². The highest BCUT2D eigenvalue weighted by atomic mass is 19.4. The lowest BCUT2D eigenvalue weighted by Gasteiger charge is -2.14. The van der Waals surface area contributed by atoms with Crippen LogP contribution in [-0.2, 0) is 6.18 Å². The second-order valence-corrected chi connectivity index (χ2v) is 4.86. The Hall–Kier alpha value is -2.34. The summed E-state index contributed by atoms with van der Waals surface area (Å²) in [5, 5.41) is 2.86. The summed E-state index contributed by atoms with van der Waals surface area (Å²) in [6.07, 6.45) is -4.52. The van der Waals surface area contributed by atoms with Gasteiger partial charge in [0, 0.05) is 12.1 Å². The number of carbonyl (C=O) groups excluding carboxylic acids is 1. The van der Waals surface area contributed by atoms with Crippen molar-refractivity contribution >= 4 is 5.78 Å². The number of ether oxygens (including phenoxy) is 1. The first kappa shape index (κ1) is 17.0. The van der Waals surface area contributed by atoms with E-state index in [0.717, 1.165) is 12.1 Å². The van der Waals surface area contributed by atoms with Crippen molar-refractivity contribution in [1.82, 2.24) is 5.32 Å². The van der Waals surface area contributed by atoms with Crippen molar-refractivity contribution in [3.05, 3.63) is 65.2 Å². The second-order valence-electron chi connectivity index (χ2n) is 4.86. The first-order valence-electron chi connectivity index (χ1n) is 7.02. The van der Waals surface area contributed by atoms with Gasteiger partial charge in [0.1, 0.15) is 12.4 Å². The van der Waals surface area contributed by atoms with Crippen molar-refractivity contribution in [1.29, 1.82) is 0 Å². The molecule has 3 nitrogen and oxygen atoms in total. The number of hydrogen-bond donors (Lipinski definition) is 1. The standard InChI is InChI=1S/C17H16F3NO2/c1-21-9-10-23-15-8-7-13(17(18,19)20)11-14(15)16(22)12-5-3-2-4-6-12/h2-8,11,21H,9-10H2,1H3. The molecule has 0 bridgehead atoms.